The summed E-state index contributed by atoms with van der Waals surface area (Å²) < 4.78 is 0. The summed E-state index contributed by atoms with van der Waals surface area (Å²) in [5.41, 5.74) is 0. The first-order valence-corrected chi connectivity index (χ1v) is 5.59. The van der Waals surface area contributed by atoms with Crippen molar-refractivity contribution in [2.24, 2.45) is 0 Å². The quantitative estimate of drug-likeness (QED) is 0.680. The van der Waals surface area contributed by atoms with E-state index >= 15 is 0 Å². The normalized spacial score (nSPS) is 8.89. The smallest absolute Gasteiger partial charge is 0 e. The van der Waals surface area contributed by atoms with Gasteiger partial charge in [-0.25, -0.2) is 18.3 Å². The Kier molecular flexibility index (Phi) is 25.4. The third-order valence-corrected chi connectivity index (χ3v) is 1.58. The van der Waals surface area contributed by atoms with Crippen LogP contribution in [0.3, 0.4) is 0 Å². The molecule has 0 atom stereocenters. The zero-order valence-electron chi connectivity index (χ0n) is 13.0. The molecule has 0 N–H and O–H groups in total. The number of hydrogen-bond acceptors (Lipinski definition) is 0. The predicted molar refractivity (Wildman–Crippen MR) is 81.3 cm³/mol. The van der Waals surface area contributed by atoms with Crippen LogP contribution in [0.2, 0.25) is 0 Å². The predicted octanol–water partition coefficient (Wildman–Crippen LogP) is 5.20. The van der Waals surface area contributed by atoms with Gasteiger partial charge in [-0.05, 0) is 0 Å². The van der Waals surface area contributed by atoms with Gasteiger partial charge in [0.25, 0.3) is 0 Å². The van der Waals surface area contributed by atoms with Crippen LogP contribution < -0.4 is 0 Å². The van der Waals surface area contributed by atoms with E-state index in [1.165, 1.54) is 0 Å². The van der Waals surface area contributed by atoms with Gasteiger partial charge in [-0.3, -0.25) is 0 Å². The first-order valence-electron chi connectivity index (χ1n) is 5.59. The van der Waals surface area contributed by atoms with Crippen LogP contribution in [-0.4, -0.2) is 18.2 Å². The average molecular weight is 329 g/mol. The van der Waals surface area contributed by atoms with Gasteiger partial charge in [-0.1, -0.05) is 27.7 Å². The molecule has 0 aliphatic rings. The maximum Gasteiger partial charge on any atom is 0 e. The van der Waals surface area contributed by atoms with E-state index in [0.717, 1.165) is 0 Å². The van der Waals surface area contributed by atoms with Crippen LogP contribution in [0.5, 0.6) is 0 Å². The molecule has 0 amide bonds. The molecule has 0 fully saturated rings. The minimum Gasteiger partial charge on any atom is -0.676 e. The minimum absolute atomic E-state index is 0. The number of hydrogen-bond donors (Lipinski definition) is 0. The second-order valence-corrected chi connectivity index (χ2v) is 4.08. The molecule has 0 aromatic heterocycles. The van der Waals surface area contributed by atoms with Gasteiger partial charge in [0, 0.05) is 26.2 Å². The molecule has 0 bridgehead atoms. The van der Waals surface area contributed by atoms with Crippen LogP contribution in [0.25, 0.3) is 10.6 Å². The van der Waals surface area contributed by atoms with Crippen molar-refractivity contribution in [3.63, 3.8) is 0 Å². The molecule has 108 valence electrons. The maximum atomic E-state index is 4.35. The average Bonchev–Trinajstić information content (AvgIpc) is 2.55. The van der Waals surface area contributed by atoms with Crippen LogP contribution in [0, 0.1) is 14.9 Å². The molecule has 0 saturated heterocycles. The van der Waals surface area contributed by atoms with E-state index in [9.17, 15) is 0 Å². The molecule has 1 rings (SSSR count). The standard InChI is InChI=1S/C8H18N2.C5H5.2CH3.Zr/c1-6(2)9-8(5)10-7(3)4;1-2-4-5-3-1;;;/h6-8H,1-5H3;1-5H;2*1H3;/q-2;3*-1;. The van der Waals surface area contributed by atoms with Gasteiger partial charge in [-0.15, -0.1) is 19.0 Å². The zero-order chi connectivity index (χ0) is 11.7. The summed E-state index contributed by atoms with van der Waals surface area (Å²) in [5, 5.41) is 8.70. The van der Waals surface area contributed by atoms with E-state index in [-0.39, 0.29) is 47.2 Å². The van der Waals surface area contributed by atoms with E-state index in [4.69, 9.17) is 0 Å². The first kappa shape index (κ1) is 26.7. The van der Waals surface area contributed by atoms with Crippen LogP contribution in [0.15, 0.2) is 30.3 Å². The van der Waals surface area contributed by atoms with Crippen molar-refractivity contribution in [3.8, 4) is 0 Å². The Labute approximate surface area is 134 Å². The van der Waals surface area contributed by atoms with Gasteiger partial charge in [0.05, 0.1) is 0 Å². The zero-order valence-corrected chi connectivity index (χ0v) is 15.5. The molecule has 0 aliphatic carbocycles. The first-order chi connectivity index (χ1) is 7.02. The summed E-state index contributed by atoms with van der Waals surface area (Å²) >= 11 is 0. The number of rotatable bonds is 4. The molecule has 0 spiro atoms. The van der Waals surface area contributed by atoms with Gasteiger partial charge >= 0.3 is 0 Å². The molecule has 3 heteroatoms. The second kappa shape index (κ2) is 17.2. The topological polar surface area (TPSA) is 28.2 Å². The van der Waals surface area contributed by atoms with E-state index < -0.39 is 0 Å². The third kappa shape index (κ3) is 21.4. The Morgan fingerprint density at radius 1 is 0.778 bits per heavy atom. The SMILES string of the molecule is CC(C)[N-]C(C)[N-]C(C)C.[CH3-].[CH3-].[Zr].c1cc[cH-]c1. The Hall–Kier alpha value is 0.153. The van der Waals surface area contributed by atoms with Crippen LogP contribution in [0.4, 0.5) is 0 Å². The summed E-state index contributed by atoms with van der Waals surface area (Å²) in [7, 11) is 0. The fourth-order valence-electron chi connectivity index (χ4n) is 1.22. The summed E-state index contributed by atoms with van der Waals surface area (Å²) in [6.07, 6.45) is 0.167. The monoisotopic (exact) mass is 327 g/mol. The summed E-state index contributed by atoms with van der Waals surface area (Å²) in [6.45, 7) is 10.3. The molecular weight excluding hydrogens is 299 g/mol. The minimum atomic E-state index is 0. The summed E-state index contributed by atoms with van der Waals surface area (Å²) in [6, 6.07) is 10.8. The Bertz CT molecular complexity index is 181. The van der Waals surface area contributed by atoms with Crippen molar-refractivity contribution >= 4 is 0 Å². The van der Waals surface area contributed by atoms with Crippen molar-refractivity contribution in [2.75, 3.05) is 0 Å². The van der Waals surface area contributed by atoms with Crippen molar-refractivity contribution in [1.29, 1.82) is 0 Å². The Morgan fingerprint density at radius 2 is 1.11 bits per heavy atom. The molecule has 0 aliphatic heterocycles. The van der Waals surface area contributed by atoms with Crippen LogP contribution in [-0.2, 0) is 26.2 Å². The maximum absolute atomic E-state index is 4.35. The van der Waals surface area contributed by atoms with E-state index in [0.29, 0.717) is 12.1 Å². The molecule has 0 unspecified atom stereocenters. The van der Waals surface area contributed by atoms with Crippen LogP contribution >= 0.6 is 0 Å². The molecule has 18 heavy (non-hydrogen) atoms. The molecule has 2 nitrogen and oxygen atoms in total. The Balaban J connectivity index is -0.000000106. The van der Waals surface area contributed by atoms with Crippen molar-refractivity contribution in [1.82, 2.24) is 0 Å². The van der Waals surface area contributed by atoms with Crippen molar-refractivity contribution in [3.05, 3.63) is 55.8 Å². The van der Waals surface area contributed by atoms with Crippen molar-refractivity contribution in [2.45, 2.75) is 52.9 Å². The molecule has 0 saturated carbocycles. The van der Waals surface area contributed by atoms with Crippen LogP contribution in [0.1, 0.15) is 34.6 Å². The molecule has 1 aromatic carbocycles. The van der Waals surface area contributed by atoms with Gasteiger partial charge in [-0.2, -0.15) is 18.2 Å². The number of nitrogens with zero attached hydrogens (tertiary/aromatic N) is 2. The van der Waals surface area contributed by atoms with E-state index in [1.54, 1.807) is 0 Å². The van der Waals surface area contributed by atoms with Gasteiger partial charge < -0.3 is 25.5 Å². The molecule has 1 aromatic rings. The van der Waals surface area contributed by atoms with Gasteiger partial charge in [0.1, 0.15) is 0 Å². The van der Waals surface area contributed by atoms with E-state index in [2.05, 4.69) is 38.3 Å². The second-order valence-electron chi connectivity index (χ2n) is 4.08. The van der Waals surface area contributed by atoms with E-state index in [1.807, 2.05) is 37.3 Å². The largest absolute Gasteiger partial charge is 0.676 e. The molecule has 0 radical (unpaired) electrons. The van der Waals surface area contributed by atoms with Gasteiger partial charge in [0.2, 0.25) is 0 Å². The summed E-state index contributed by atoms with van der Waals surface area (Å²) in [5.74, 6) is 0. The summed E-state index contributed by atoms with van der Waals surface area (Å²) in [4.78, 5) is 0. The molecular formula is C15H29N2Zr-5. The third-order valence-electron chi connectivity index (χ3n) is 1.58. The van der Waals surface area contributed by atoms with Crippen molar-refractivity contribution < 1.29 is 26.2 Å². The fourth-order valence-corrected chi connectivity index (χ4v) is 1.22. The van der Waals surface area contributed by atoms with Gasteiger partial charge in [0.15, 0.2) is 0 Å². The fraction of sp³-hybridized carbons (Fsp3) is 0.533. The Morgan fingerprint density at radius 3 is 1.28 bits per heavy atom. The molecule has 0 heterocycles.